The molecule has 0 bridgehead atoms. The molecule has 0 aliphatic carbocycles. The minimum Gasteiger partial charge on any atom is -0.427 e. The smallest absolute Gasteiger partial charge is 0.343 e. The van der Waals surface area contributed by atoms with E-state index >= 15 is 0 Å². The molecule has 0 spiro atoms. The zero-order valence-corrected chi connectivity index (χ0v) is 11.6. The first-order chi connectivity index (χ1) is 9.63. The van der Waals surface area contributed by atoms with Gasteiger partial charge in [-0.15, -0.1) is 0 Å². The standard InChI is InChI=1S/C16H19NO3/c1-11-3-2-4-14-15(11)9-13(20-16(14)19)6-8-17-7-5-12(18)10-17/h2-4,9,12,18H,5-8,10H2,1H3. The van der Waals surface area contributed by atoms with Gasteiger partial charge in [0.05, 0.1) is 11.5 Å². The van der Waals surface area contributed by atoms with Gasteiger partial charge in [-0.2, -0.15) is 0 Å². The molecule has 20 heavy (non-hydrogen) atoms. The Kier molecular flexibility index (Phi) is 3.59. The summed E-state index contributed by atoms with van der Waals surface area (Å²) in [6.45, 7) is 4.45. The van der Waals surface area contributed by atoms with Crippen LogP contribution in [0.2, 0.25) is 0 Å². The average Bonchev–Trinajstić information content (AvgIpc) is 2.84. The van der Waals surface area contributed by atoms with Crippen molar-refractivity contribution < 1.29 is 9.52 Å². The van der Waals surface area contributed by atoms with Crippen molar-refractivity contribution in [2.75, 3.05) is 19.6 Å². The Morgan fingerprint density at radius 3 is 3.00 bits per heavy atom. The summed E-state index contributed by atoms with van der Waals surface area (Å²) in [7, 11) is 0. The molecule has 1 aromatic carbocycles. The first-order valence-corrected chi connectivity index (χ1v) is 7.06. The molecule has 2 aromatic rings. The van der Waals surface area contributed by atoms with Crippen LogP contribution in [0.3, 0.4) is 0 Å². The maximum absolute atomic E-state index is 12.0. The van der Waals surface area contributed by atoms with E-state index in [1.165, 1.54) is 0 Å². The number of hydrogen-bond donors (Lipinski definition) is 1. The van der Waals surface area contributed by atoms with Crippen LogP contribution in [0.25, 0.3) is 10.8 Å². The quantitative estimate of drug-likeness (QED) is 0.925. The lowest BCUT2D eigenvalue weighted by Gasteiger charge is -2.14. The van der Waals surface area contributed by atoms with Gasteiger partial charge >= 0.3 is 5.63 Å². The second-order valence-corrected chi connectivity index (χ2v) is 5.53. The van der Waals surface area contributed by atoms with Crippen LogP contribution in [-0.4, -0.2) is 35.7 Å². The van der Waals surface area contributed by atoms with Gasteiger partial charge < -0.3 is 14.4 Å². The normalized spacial score (nSPS) is 19.8. The van der Waals surface area contributed by atoms with E-state index in [1.54, 1.807) is 6.07 Å². The fraction of sp³-hybridized carbons (Fsp3) is 0.438. The molecular weight excluding hydrogens is 254 g/mol. The number of aliphatic hydroxyl groups is 1. The highest BCUT2D eigenvalue weighted by Crippen LogP contribution is 2.17. The molecule has 1 aliphatic rings. The lowest BCUT2D eigenvalue weighted by molar-refractivity contribution is 0.176. The molecule has 0 amide bonds. The first-order valence-electron chi connectivity index (χ1n) is 7.06. The van der Waals surface area contributed by atoms with Crippen molar-refractivity contribution in [3.05, 3.63) is 46.0 Å². The van der Waals surface area contributed by atoms with Crippen molar-refractivity contribution in [2.24, 2.45) is 0 Å². The van der Waals surface area contributed by atoms with Crippen LogP contribution in [0.15, 0.2) is 33.5 Å². The van der Waals surface area contributed by atoms with Crippen molar-refractivity contribution >= 4 is 10.8 Å². The number of benzene rings is 1. The van der Waals surface area contributed by atoms with Crippen molar-refractivity contribution in [3.63, 3.8) is 0 Å². The van der Waals surface area contributed by atoms with Crippen LogP contribution < -0.4 is 5.63 Å². The minimum absolute atomic E-state index is 0.208. The number of fused-ring (bicyclic) bond motifs is 1. The summed E-state index contributed by atoms with van der Waals surface area (Å²) in [5.41, 5.74) is 0.830. The average molecular weight is 273 g/mol. The van der Waals surface area contributed by atoms with Gasteiger partial charge in [-0.1, -0.05) is 12.1 Å². The topological polar surface area (TPSA) is 53.7 Å². The highest BCUT2D eigenvalue weighted by atomic mass is 16.4. The van der Waals surface area contributed by atoms with E-state index in [0.29, 0.717) is 11.8 Å². The molecule has 1 fully saturated rings. The fourth-order valence-corrected chi connectivity index (χ4v) is 2.82. The molecule has 1 aliphatic heterocycles. The largest absolute Gasteiger partial charge is 0.427 e. The monoisotopic (exact) mass is 273 g/mol. The Hall–Kier alpha value is -1.65. The molecule has 3 rings (SSSR count). The Morgan fingerprint density at radius 2 is 2.25 bits per heavy atom. The molecule has 2 heterocycles. The van der Waals surface area contributed by atoms with Gasteiger partial charge in [0.25, 0.3) is 0 Å². The predicted molar refractivity (Wildman–Crippen MR) is 78.0 cm³/mol. The number of likely N-dealkylation sites (tertiary alicyclic amines) is 1. The Bertz CT molecular complexity index is 677. The van der Waals surface area contributed by atoms with Crippen molar-refractivity contribution in [1.82, 2.24) is 4.90 Å². The molecule has 1 aromatic heterocycles. The molecule has 106 valence electrons. The van der Waals surface area contributed by atoms with Gasteiger partial charge in [0, 0.05) is 26.1 Å². The molecule has 0 radical (unpaired) electrons. The Balaban J connectivity index is 1.82. The third kappa shape index (κ3) is 2.62. The van der Waals surface area contributed by atoms with Crippen molar-refractivity contribution in [3.8, 4) is 0 Å². The van der Waals surface area contributed by atoms with Crippen LogP contribution in [0.5, 0.6) is 0 Å². The summed E-state index contributed by atoms with van der Waals surface area (Å²) >= 11 is 0. The van der Waals surface area contributed by atoms with Crippen LogP contribution in [0.1, 0.15) is 17.7 Å². The zero-order chi connectivity index (χ0) is 14.1. The predicted octanol–water partition coefficient (Wildman–Crippen LogP) is 1.71. The van der Waals surface area contributed by atoms with E-state index in [4.69, 9.17) is 4.42 Å². The second kappa shape index (κ2) is 5.38. The summed E-state index contributed by atoms with van der Waals surface area (Å²) in [5, 5.41) is 11.1. The Labute approximate surface area is 117 Å². The van der Waals surface area contributed by atoms with E-state index in [0.717, 1.165) is 42.8 Å². The molecule has 1 atom stereocenters. The van der Waals surface area contributed by atoms with E-state index in [1.807, 2.05) is 25.1 Å². The number of aryl methyl sites for hydroxylation is 1. The summed E-state index contributed by atoms with van der Waals surface area (Å²) in [4.78, 5) is 14.2. The van der Waals surface area contributed by atoms with E-state index in [9.17, 15) is 9.90 Å². The third-order valence-electron chi connectivity index (χ3n) is 4.00. The highest BCUT2D eigenvalue weighted by molar-refractivity contribution is 5.84. The van der Waals surface area contributed by atoms with Crippen molar-refractivity contribution in [1.29, 1.82) is 0 Å². The maximum atomic E-state index is 12.0. The molecule has 0 saturated carbocycles. The van der Waals surface area contributed by atoms with Gasteiger partial charge in [-0.05, 0) is 36.4 Å². The van der Waals surface area contributed by atoms with Crippen LogP contribution >= 0.6 is 0 Å². The number of hydrogen-bond acceptors (Lipinski definition) is 4. The molecule has 1 N–H and O–H groups in total. The highest BCUT2D eigenvalue weighted by Gasteiger charge is 2.19. The summed E-state index contributed by atoms with van der Waals surface area (Å²) in [5.74, 6) is 0.721. The molecule has 4 heteroatoms. The van der Waals surface area contributed by atoms with Crippen LogP contribution in [-0.2, 0) is 6.42 Å². The lowest BCUT2D eigenvalue weighted by atomic mass is 10.1. The van der Waals surface area contributed by atoms with Gasteiger partial charge in [0.15, 0.2) is 0 Å². The van der Waals surface area contributed by atoms with Gasteiger partial charge in [-0.25, -0.2) is 4.79 Å². The third-order valence-corrected chi connectivity index (χ3v) is 4.00. The SMILES string of the molecule is Cc1cccc2c(=O)oc(CCN3CCC(O)C3)cc12. The number of aliphatic hydroxyl groups excluding tert-OH is 1. The zero-order valence-electron chi connectivity index (χ0n) is 11.6. The molecular formula is C16H19NO3. The number of β-amino-alcohol motifs (C(OH)–C–C–N with tert-alkyl or cyclic N) is 1. The number of nitrogens with zero attached hydrogens (tertiary/aromatic N) is 1. The van der Waals surface area contributed by atoms with Crippen LogP contribution in [0.4, 0.5) is 0 Å². The minimum atomic E-state index is -0.261. The van der Waals surface area contributed by atoms with Gasteiger partial charge in [0.1, 0.15) is 5.76 Å². The second-order valence-electron chi connectivity index (χ2n) is 5.53. The summed E-state index contributed by atoms with van der Waals surface area (Å²) in [6, 6.07) is 7.65. The lowest BCUT2D eigenvalue weighted by Crippen LogP contribution is -2.24. The summed E-state index contributed by atoms with van der Waals surface area (Å²) < 4.78 is 5.39. The van der Waals surface area contributed by atoms with E-state index in [2.05, 4.69) is 4.90 Å². The summed E-state index contributed by atoms with van der Waals surface area (Å²) in [6.07, 6.45) is 1.33. The molecule has 4 nitrogen and oxygen atoms in total. The van der Waals surface area contributed by atoms with Crippen LogP contribution in [0, 0.1) is 6.92 Å². The van der Waals surface area contributed by atoms with Crippen molar-refractivity contribution in [2.45, 2.75) is 25.9 Å². The fourth-order valence-electron chi connectivity index (χ4n) is 2.82. The Morgan fingerprint density at radius 1 is 1.40 bits per heavy atom. The van der Waals surface area contributed by atoms with Gasteiger partial charge in [-0.3, -0.25) is 0 Å². The maximum Gasteiger partial charge on any atom is 0.343 e. The van der Waals surface area contributed by atoms with E-state index < -0.39 is 0 Å². The van der Waals surface area contributed by atoms with Gasteiger partial charge in [0.2, 0.25) is 0 Å². The first kappa shape index (κ1) is 13.3. The number of rotatable bonds is 3. The molecule has 1 unspecified atom stereocenters. The molecule has 1 saturated heterocycles. The van der Waals surface area contributed by atoms with E-state index in [-0.39, 0.29) is 11.7 Å².